The molecule has 0 aromatic heterocycles. The summed E-state index contributed by atoms with van der Waals surface area (Å²) >= 11 is 0. The second kappa shape index (κ2) is 8.73. The van der Waals surface area contributed by atoms with E-state index >= 15 is 0 Å². The van der Waals surface area contributed by atoms with Gasteiger partial charge in [0.15, 0.2) is 0 Å². The fourth-order valence-electron chi connectivity index (χ4n) is 2.06. The molecule has 0 spiro atoms. The Morgan fingerprint density at radius 3 is 2.37 bits per heavy atom. The molecule has 1 unspecified atom stereocenters. The highest BCUT2D eigenvalue weighted by Crippen LogP contribution is 2.13. The number of carbonyl (C=O) groups excluding carboxylic acids is 1. The first kappa shape index (κ1) is 15.7. The van der Waals surface area contributed by atoms with Crippen LogP contribution in [-0.2, 0) is 22.4 Å². The van der Waals surface area contributed by atoms with E-state index in [1.165, 1.54) is 17.5 Å². The molecule has 0 N–H and O–H groups in total. The molecule has 0 fully saturated rings. The van der Waals surface area contributed by atoms with Crippen molar-refractivity contribution in [2.24, 2.45) is 5.92 Å². The van der Waals surface area contributed by atoms with Crippen LogP contribution in [0.5, 0.6) is 0 Å². The normalized spacial score (nSPS) is 12.2. The van der Waals surface area contributed by atoms with E-state index in [1.807, 2.05) is 6.92 Å². The van der Waals surface area contributed by atoms with Gasteiger partial charge in [0.2, 0.25) is 0 Å². The number of hydrogen-bond donors (Lipinski definition) is 0. The lowest BCUT2D eigenvalue weighted by atomic mass is 9.97. The van der Waals surface area contributed by atoms with Crippen molar-refractivity contribution in [3.8, 4) is 0 Å². The topological polar surface area (TPSA) is 26.3 Å². The highest BCUT2D eigenvalue weighted by atomic mass is 16.5. The highest BCUT2D eigenvalue weighted by Gasteiger charge is 2.03. The van der Waals surface area contributed by atoms with Crippen LogP contribution in [0.2, 0.25) is 0 Å². The minimum atomic E-state index is -0.0871. The van der Waals surface area contributed by atoms with Crippen LogP contribution in [0.1, 0.15) is 51.2 Å². The molecule has 1 atom stereocenters. The van der Waals surface area contributed by atoms with E-state index in [1.54, 1.807) is 0 Å². The first-order valence-electron chi connectivity index (χ1n) is 7.39. The third-order valence-corrected chi connectivity index (χ3v) is 3.46. The van der Waals surface area contributed by atoms with Crippen LogP contribution >= 0.6 is 0 Å². The minimum absolute atomic E-state index is 0.0871. The Labute approximate surface area is 117 Å². The van der Waals surface area contributed by atoms with Crippen molar-refractivity contribution in [3.05, 3.63) is 35.4 Å². The summed E-state index contributed by atoms with van der Waals surface area (Å²) < 4.78 is 4.92. The van der Waals surface area contributed by atoms with E-state index in [4.69, 9.17) is 4.74 Å². The summed E-state index contributed by atoms with van der Waals surface area (Å²) in [5, 5.41) is 0. The highest BCUT2D eigenvalue weighted by molar-refractivity contribution is 5.69. The predicted octanol–water partition coefficient (Wildman–Crippen LogP) is 4.16. The minimum Gasteiger partial charge on any atom is -0.466 e. The fraction of sp³-hybridized carbons (Fsp3) is 0.588. The van der Waals surface area contributed by atoms with Gasteiger partial charge in [-0.1, -0.05) is 44.5 Å². The summed E-state index contributed by atoms with van der Waals surface area (Å²) in [6.07, 6.45) is 4.70. The summed E-state index contributed by atoms with van der Waals surface area (Å²) in [5.41, 5.74) is 2.71. The van der Waals surface area contributed by atoms with Gasteiger partial charge in [-0.25, -0.2) is 0 Å². The van der Waals surface area contributed by atoms with E-state index in [2.05, 4.69) is 38.1 Å². The van der Waals surface area contributed by atoms with Gasteiger partial charge in [0.05, 0.1) is 6.61 Å². The lowest BCUT2D eigenvalue weighted by Crippen LogP contribution is -2.04. The molecule has 0 heterocycles. The molecule has 1 rings (SSSR count). The second-order valence-corrected chi connectivity index (χ2v) is 5.19. The zero-order valence-electron chi connectivity index (χ0n) is 12.4. The Kier molecular flexibility index (Phi) is 7.24. The molecule has 2 heteroatoms. The Bertz CT molecular complexity index is 367. The summed E-state index contributed by atoms with van der Waals surface area (Å²) in [6.45, 7) is 6.83. The SMILES string of the molecule is CCOC(=O)CCCc1ccc(CC(C)CC)cc1. The van der Waals surface area contributed by atoms with Crippen molar-refractivity contribution in [1.82, 2.24) is 0 Å². The van der Waals surface area contributed by atoms with E-state index in [9.17, 15) is 4.79 Å². The molecule has 0 aliphatic rings. The summed E-state index contributed by atoms with van der Waals surface area (Å²) in [5.74, 6) is 0.658. The van der Waals surface area contributed by atoms with Gasteiger partial charge in [0.25, 0.3) is 0 Å². The predicted molar refractivity (Wildman–Crippen MR) is 79.2 cm³/mol. The number of aryl methyl sites for hydroxylation is 1. The Hall–Kier alpha value is -1.31. The number of esters is 1. The van der Waals surface area contributed by atoms with Gasteiger partial charge in [-0.05, 0) is 43.2 Å². The van der Waals surface area contributed by atoms with Crippen LogP contribution in [0, 0.1) is 5.92 Å². The van der Waals surface area contributed by atoms with Crippen LogP contribution in [0.3, 0.4) is 0 Å². The van der Waals surface area contributed by atoms with E-state index in [0.29, 0.717) is 13.0 Å². The van der Waals surface area contributed by atoms with E-state index < -0.39 is 0 Å². The zero-order chi connectivity index (χ0) is 14.1. The molecule has 0 aliphatic heterocycles. The molecular formula is C17H26O2. The van der Waals surface area contributed by atoms with Gasteiger partial charge < -0.3 is 4.74 Å². The number of carbonyl (C=O) groups is 1. The van der Waals surface area contributed by atoms with Crippen molar-refractivity contribution in [3.63, 3.8) is 0 Å². The van der Waals surface area contributed by atoms with Gasteiger partial charge >= 0.3 is 5.97 Å². The Morgan fingerprint density at radius 2 is 1.79 bits per heavy atom. The molecule has 0 aliphatic carbocycles. The van der Waals surface area contributed by atoms with Gasteiger partial charge in [-0.2, -0.15) is 0 Å². The van der Waals surface area contributed by atoms with Gasteiger partial charge in [0, 0.05) is 6.42 Å². The quantitative estimate of drug-likeness (QED) is 0.657. The van der Waals surface area contributed by atoms with E-state index in [-0.39, 0.29) is 5.97 Å². The first-order chi connectivity index (χ1) is 9.15. The average molecular weight is 262 g/mol. The molecule has 2 nitrogen and oxygen atoms in total. The zero-order valence-corrected chi connectivity index (χ0v) is 12.4. The van der Waals surface area contributed by atoms with Gasteiger partial charge in [-0.15, -0.1) is 0 Å². The molecule has 1 aromatic carbocycles. The molecule has 0 radical (unpaired) electrons. The van der Waals surface area contributed by atoms with Crippen LogP contribution < -0.4 is 0 Å². The van der Waals surface area contributed by atoms with Crippen LogP contribution in [0.15, 0.2) is 24.3 Å². The maximum atomic E-state index is 11.2. The lowest BCUT2D eigenvalue weighted by Gasteiger charge is -2.09. The van der Waals surface area contributed by atoms with Crippen LogP contribution in [-0.4, -0.2) is 12.6 Å². The van der Waals surface area contributed by atoms with Crippen molar-refractivity contribution < 1.29 is 9.53 Å². The van der Waals surface area contributed by atoms with Crippen molar-refractivity contribution in [2.75, 3.05) is 6.61 Å². The van der Waals surface area contributed by atoms with Crippen molar-refractivity contribution >= 4 is 5.97 Å². The number of ether oxygens (including phenoxy) is 1. The monoisotopic (exact) mass is 262 g/mol. The molecular weight excluding hydrogens is 236 g/mol. The smallest absolute Gasteiger partial charge is 0.305 e. The average Bonchev–Trinajstić information content (AvgIpc) is 2.41. The Balaban J connectivity index is 2.34. The summed E-state index contributed by atoms with van der Waals surface area (Å²) in [7, 11) is 0. The molecule has 106 valence electrons. The molecule has 1 aromatic rings. The summed E-state index contributed by atoms with van der Waals surface area (Å²) in [4.78, 5) is 11.2. The fourth-order valence-corrected chi connectivity index (χ4v) is 2.06. The number of hydrogen-bond acceptors (Lipinski definition) is 2. The van der Waals surface area contributed by atoms with Crippen LogP contribution in [0.25, 0.3) is 0 Å². The molecule has 0 amide bonds. The van der Waals surface area contributed by atoms with Crippen molar-refractivity contribution in [1.29, 1.82) is 0 Å². The van der Waals surface area contributed by atoms with E-state index in [0.717, 1.165) is 25.2 Å². The largest absolute Gasteiger partial charge is 0.466 e. The number of benzene rings is 1. The van der Waals surface area contributed by atoms with Gasteiger partial charge in [-0.3, -0.25) is 4.79 Å². The summed E-state index contributed by atoms with van der Waals surface area (Å²) in [6, 6.07) is 8.80. The third kappa shape index (κ3) is 6.42. The molecule has 0 saturated carbocycles. The number of rotatable bonds is 8. The first-order valence-corrected chi connectivity index (χ1v) is 7.39. The molecule has 0 saturated heterocycles. The third-order valence-electron chi connectivity index (χ3n) is 3.46. The standard InChI is InChI=1S/C17H26O2/c1-4-14(3)13-16-11-9-15(10-12-16)7-6-8-17(18)19-5-2/h9-12,14H,4-8,13H2,1-3H3. The van der Waals surface area contributed by atoms with Crippen molar-refractivity contribution in [2.45, 2.75) is 52.9 Å². The lowest BCUT2D eigenvalue weighted by molar-refractivity contribution is -0.143. The molecule has 19 heavy (non-hydrogen) atoms. The Morgan fingerprint density at radius 1 is 1.16 bits per heavy atom. The van der Waals surface area contributed by atoms with Crippen LogP contribution in [0.4, 0.5) is 0 Å². The second-order valence-electron chi connectivity index (χ2n) is 5.19. The molecule has 0 bridgehead atoms. The maximum absolute atomic E-state index is 11.2. The van der Waals surface area contributed by atoms with Gasteiger partial charge in [0.1, 0.15) is 0 Å². The maximum Gasteiger partial charge on any atom is 0.305 e.